The van der Waals surface area contributed by atoms with Crippen LogP contribution in [0.15, 0.2) is 11.1 Å². The second-order valence-electron chi connectivity index (χ2n) is 7.44. The minimum atomic E-state index is -1.70. The third-order valence-corrected chi connectivity index (χ3v) is 4.35. The molecule has 6 nitrogen and oxygen atoms in total. The molecule has 1 aliphatic rings. The molecule has 0 heterocycles. The number of esters is 3. The van der Waals surface area contributed by atoms with Crippen LogP contribution in [-0.2, 0) is 28.6 Å². The number of rotatable bonds is 5. The van der Waals surface area contributed by atoms with Gasteiger partial charge < -0.3 is 14.2 Å². The Morgan fingerprint density at radius 1 is 1.00 bits per heavy atom. The minimum Gasteiger partial charge on any atom is -0.465 e. The van der Waals surface area contributed by atoms with Crippen molar-refractivity contribution in [2.75, 3.05) is 13.2 Å². The van der Waals surface area contributed by atoms with Crippen molar-refractivity contribution < 1.29 is 28.6 Å². The number of hydrogen-bond acceptors (Lipinski definition) is 6. The summed E-state index contributed by atoms with van der Waals surface area (Å²) in [6, 6.07) is 0. The maximum absolute atomic E-state index is 12.8. The van der Waals surface area contributed by atoms with Gasteiger partial charge in [0.2, 0.25) is 0 Å². The van der Waals surface area contributed by atoms with Crippen LogP contribution in [0, 0.1) is 11.3 Å². The molecule has 0 amide bonds. The molecule has 0 aliphatic heterocycles. The molecule has 0 aromatic carbocycles. The Kier molecular flexibility index (Phi) is 6.80. The maximum Gasteiger partial charge on any atom is 0.324 e. The van der Waals surface area contributed by atoms with Crippen molar-refractivity contribution in [1.29, 1.82) is 0 Å². The lowest BCUT2D eigenvalue weighted by molar-refractivity contribution is -0.188. The molecule has 0 radical (unpaired) electrons. The van der Waals surface area contributed by atoms with Crippen LogP contribution in [0.2, 0.25) is 0 Å². The molecule has 25 heavy (non-hydrogen) atoms. The van der Waals surface area contributed by atoms with Gasteiger partial charge >= 0.3 is 17.9 Å². The Morgan fingerprint density at radius 2 is 1.48 bits per heavy atom. The smallest absolute Gasteiger partial charge is 0.324 e. The fraction of sp³-hybridized carbons (Fsp3) is 0.737. The molecule has 0 aromatic rings. The highest BCUT2D eigenvalue weighted by Crippen LogP contribution is 2.47. The van der Waals surface area contributed by atoms with Crippen LogP contribution in [0.1, 0.15) is 61.3 Å². The van der Waals surface area contributed by atoms with Gasteiger partial charge in [0.25, 0.3) is 0 Å². The zero-order valence-corrected chi connectivity index (χ0v) is 16.4. The highest BCUT2D eigenvalue weighted by Gasteiger charge is 2.60. The van der Waals surface area contributed by atoms with Crippen molar-refractivity contribution in [2.45, 2.75) is 66.9 Å². The molecule has 0 spiro atoms. The first kappa shape index (κ1) is 21.2. The zero-order chi connectivity index (χ0) is 19.4. The number of ether oxygens (including phenoxy) is 3. The Balaban J connectivity index is 3.45. The van der Waals surface area contributed by atoms with Crippen molar-refractivity contribution in [3.8, 4) is 0 Å². The molecule has 0 N–H and O–H groups in total. The monoisotopic (exact) mass is 354 g/mol. The first-order valence-corrected chi connectivity index (χ1v) is 8.72. The van der Waals surface area contributed by atoms with Crippen LogP contribution in [0.5, 0.6) is 0 Å². The van der Waals surface area contributed by atoms with E-state index in [2.05, 4.69) is 0 Å². The van der Waals surface area contributed by atoms with Crippen LogP contribution in [-0.4, -0.2) is 36.7 Å². The quantitative estimate of drug-likeness (QED) is 0.326. The molecule has 6 heteroatoms. The van der Waals surface area contributed by atoms with Crippen LogP contribution in [0.4, 0.5) is 0 Å². The summed E-state index contributed by atoms with van der Waals surface area (Å²) in [7, 11) is 0. The Labute approximate surface area is 149 Å². The van der Waals surface area contributed by atoms with Crippen molar-refractivity contribution in [2.24, 2.45) is 11.3 Å². The number of allylic oxidation sites excluding steroid dienone is 2. The lowest BCUT2D eigenvalue weighted by Gasteiger charge is -2.40. The van der Waals surface area contributed by atoms with E-state index in [9.17, 15) is 14.4 Å². The summed E-state index contributed by atoms with van der Waals surface area (Å²) >= 11 is 0. The molecule has 1 aliphatic carbocycles. The SMILES string of the molecule is CCOC(=O)C1(C(=O)OCC)CC(C)=C(C)C[C@H]1C(=O)OC(C)(C)C. The van der Waals surface area contributed by atoms with E-state index in [0.717, 1.165) is 11.1 Å². The topological polar surface area (TPSA) is 78.9 Å². The number of carbonyl (C=O) groups excluding carboxylic acids is 3. The van der Waals surface area contributed by atoms with Gasteiger partial charge in [-0.1, -0.05) is 11.1 Å². The molecule has 0 saturated carbocycles. The molecule has 142 valence electrons. The van der Waals surface area contributed by atoms with E-state index in [1.165, 1.54) is 0 Å². The van der Waals surface area contributed by atoms with E-state index in [-0.39, 0.29) is 26.1 Å². The standard InChI is InChI=1S/C19H30O6/c1-8-23-16(21)19(17(22)24-9-2)11-13(4)12(3)10-14(19)15(20)25-18(5,6)7/h14H,8-11H2,1-7H3/t14-/m0/s1. The van der Waals surface area contributed by atoms with Gasteiger partial charge in [-0.05, 0) is 61.3 Å². The normalized spacial score (nSPS) is 20.0. The molecular formula is C19H30O6. The van der Waals surface area contributed by atoms with Crippen LogP contribution >= 0.6 is 0 Å². The first-order chi connectivity index (χ1) is 11.5. The second-order valence-corrected chi connectivity index (χ2v) is 7.44. The number of hydrogen-bond donors (Lipinski definition) is 0. The highest BCUT2D eigenvalue weighted by molar-refractivity contribution is 6.04. The summed E-state index contributed by atoms with van der Waals surface area (Å²) in [5.41, 5.74) is -0.560. The molecule has 0 unspecified atom stereocenters. The summed E-state index contributed by atoms with van der Waals surface area (Å²) < 4.78 is 15.8. The highest BCUT2D eigenvalue weighted by atomic mass is 16.6. The van der Waals surface area contributed by atoms with E-state index in [0.29, 0.717) is 0 Å². The summed E-state index contributed by atoms with van der Waals surface area (Å²) in [4.78, 5) is 38.5. The van der Waals surface area contributed by atoms with E-state index in [4.69, 9.17) is 14.2 Å². The maximum atomic E-state index is 12.8. The molecular weight excluding hydrogens is 324 g/mol. The van der Waals surface area contributed by atoms with E-state index < -0.39 is 34.8 Å². The Hall–Kier alpha value is -1.85. The largest absolute Gasteiger partial charge is 0.465 e. The molecule has 1 rings (SSSR count). The van der Waals surface area contributed by atoms with Crippen molar-refractivity contribution >= 4 is 17.9 Å². The summed E-state index contributed by atoms with van der Waals surface area (Å²) in [5, 5.41) is 0. The molecule has 0 bridgehead atoms. The fourth-order valence-electron chi connectivity index (χ4n) is 3.04. The second kappa shape index (κ2) is 8.02. The van der Waals surface area contributed by atoms with Gasteiger partial charge in [-0.2, -0.15) is 0 Å². The summed E-state index contributed by atoms with van der Waals surface area (Å²) in [6.45, 7) is 12.5. The average Bonchev–Trinajstić information content (AvgIpc) is 2.48. The first-order valence-electron chi connectivity index (χ1n) is 8.72. The van der Waals surface area contributed by atoms with Crippen molar-refractivity contribution in [3.63, 3.8) is 0 Å². The van der Waals surface area contributed by atoms with E-state index in [1.54, 1.807) is 34.6 Å². The summed E-state index contributed by atoms with van der Waals surface area (Å²) in [6.07, 6.45) is 0.360. The summed E-state index contributed by atoms with van der Waals surface area (Å²) in [5.74, 6) is -3.00. The van der Waals surface area contributed by atoms with Gasteiger partial charge in [-0.15, -0.1) is 0 Å². The third-order valence-electron chi connectivity index (χ3n) is 4.35. The van der Waals surface area contributed by atoms with E-state index in [1.807, 2.05) is 13.8 Å². The van der Waals surface area contributed by atoms with Gasteiger partial charge in [-0.25, -0.2) is 0 Å². The molecule has 0 fully saturated rings. The van der Waals surface area contributed by atoms with Gasteiger partial charge in [-0.3, -0.25) is 14.4 Å². The van der Waals surface area contributed by atoms with Crippen molar-refractivity contribution in [3.05, 3.63) is 11.1 Å². The van der Waals surface area contributed by atoms with Gasteiger partial charge in [0.15, 0.2) is 5.41 Å². The van der Waals surface area contributed by atoms with Crippen LogP contribution in [0.25, 0.3) is 0 Å². The van der Waals surface area contributed by atoms with Crippen molar-refractivity contribution in [1.82, 2.24) is 0 Å². The predicted molar refractivity (Wildman–Crippen MR) is 92.6 cm³/mol. The Bertz CT molecular complexity index is 549. The Morgan fingerprint density at radius 3 is 1.88 bits per heavy atom. The lowest BCUT2D eigenvalue weighted by Crippen LogP contribution is -2.53. The molecule has 0 saturated heterocycles. The third kappa shape index (κ3) is 4.61. The molecule has 1 atom stereocenters. The zero-order valence-electron chi connectivity index (χ0n) is 16.4. The van der Waals surface area contributed by atoms with Gasteiger partial charge in [0, 0.05) is 0 Å². The van der Waals surface area contributed by atoms with E-state index >= 15 is 0 Å². The van der Waals surface area contributed by atoms with Gasteiger partial charge in [0.05, 0.1) is 19.1 Å². The molecule has 0 aromatic heterocycles. The lowest BCUT2D eigenvalue weighted by atomic mass is 9.64. The predicted octanol–water partition coefficient (Wildman–Crippen LogP) is 3.19. The minimum absolute atomic E-state index is 0.0976. The van der Waals surface area contributed by atoms with Crippen LogP contribution < -0.4 is 0 Å². The number of carbonyl (C=O) groups is 3. The fourth-order valence-corrected chi connectivity index (χ4v) is 3.04. The van der Waals surface area contributed by atoms with Crippen LogP contribution in [0.3, 0.4) is 0 Å². The average molecular weight is 354 g/mol. The van der Waals surface area contributed by atoms with Gasteiger partial charge in [0.1, 0.15) is 5.60 Å².